The molecule has 0 fully saturated rings. The van der Waals surface area contributed by atoms with Crippen LogP contribution in [0.2, 0.25) is 10.0 Å². The largest absolute Gasteiger partial charge is 0.399 e. The van der Waals surface area contributed by atoms with Gasteiger partial charge < -0.3 is 11.1 Å². The molecule has 0 amide bonds. The second-order valence-electron chi connectivity index (χ2n) is 4.02. The van der Waals surface area contributed by atoms with E-state index in [-0.39, 0.29) is 0 Å². The minimum atomic E-state index is 0.393. The zero-order chi connectivity index (χ0) is 13.8. The first kappa shape index (κ1) is 13.5. The summed E-state index contributed by atoms with van der Waals surface area (Å²) in [5.41, 5.74) is 8.59. The van der Waals surface area contributed by atoms with Crippen LogP contribution < -0.4 is 11.1 Å². The molecule has 19 heavy (non-hydrogen) atoms. The van der Waals surface area contributed by atoms with Gasteiger partial charge in [0.1, 0.15) is 0 Å². The molecule has 0 saturated carbocycles. The quantitative estimate of drug-likeness (QED) is 0.825. The van der Waals surface area contributed by atoms with Crippen molar-refractivity contribution in [3.8, 4) is 6.07 Å². The Kier molecular flexibility index (Phi) is 4.16. The number of benzene rings is 2. The molecule has 96 valence electrons. The summed E-state index contributed by atoms with van der Waals surface area (Å²) in [5, 5.41) is 12.7. The number of nitrogen functional groups attached to an aromatic ring is 1. The van der Waals surface area contributed by atoms with E-state index in [2.05, 4.69) is 11.4 Å². The standard InChI is InChI=1S/C14H11Cl2N3/c15-12-7-10(18)8-13(16)14(12)19-11-3-1-9(2-4-11)5-6-17/h1-4,7-8,19H,5,18H2. The van der Waals surface area contributed by atoms with E-state index >= 15 is 0 Å². The minimum Gasteiger partial charge on any atom is -0.399 e. The Hall–Kier alpha value is -1.89. The lowest BCUT2D eigenvalue weighted by Gasteiger charge is -2.11. The van der Waals surface area contributed by atoms with Crippen LogP contribution in [0, 0.1) is 11.3 Å². The zero-order valence-electron chi connectivity index (χ0n) is 9.95. The molecular weight excluding hydrogens is 281 g/mol. The molecule has 0 aliphatic carbocycles. The lowest BCUT2D eigenvalue weighted by atomic mass is 10.1. The van der Waals surface area contributed by atoms with Gasteiger partial charge in [-0.05, 0) is 29.8 Å². The molecule has 3 nitrogen and oxygen atoms in total. The van der Waals surface area contributed by atoms with Crippen LogP contribution in [0.3, 0.4) is 0 Å². The van der Waals surface area contributed by atoms with Crippen molar-refractivity contribution < 1.29 is 0 Å². The normalized spacial score (nSPS) is 9.95. The van der Waals surface area contributed by atoms with Gasteiger partial charge >= 0.3 is 0 Å². The topological polar surface area (TPSA) is 61.8 Å². The Balaban J connectivity index is 2.24. The molecule has 0 saturated heterocycles. The highest BCUT2D eigenvalue weighted by Crippen LogP contribution is 2.34. The molecule has 3 N–H and O–H groups in total. The fraction of sp³-hybridized carbons (Fsp3) is 0.0714. The highest BCUT2D eigenvalue weighted by atomic mass is 35.5. The molecule has 0 aliphatic heterocycles. The maximum absolute atomic E-state index is 8.61. The van der Waals surface area contributed by atoms with Gasteiger partial charge in [0, 0.05) is 11.4 Å². The molecule has 0 aromatic heterocycles. The first-order valence-electron chi connectivity index (χ1n) is 5.57. The van der Waals surface area contributed by atoms with Crippen LogP contribution >= 0.6 is 23.2 Å². The Morgan fingerprint density at radius 3 is 2.21 bits per heavy atom. The first-order chi connectivity index (χ1) is 9.10. The third kappa shape index (κ3) is 3.31. The number of rotatable bonds is 3. The molecule has 2 rings (SSSR count). The van der Waals surface area contributed by atoms with Crippen molar-refractivity contribution in [1.82, 2.24) is 0 Å². The molecule has 0 aliphatic rings. The highest BCUT2D eigenvalue weighted by molar-refractivity contribution is 6.39. The summed E-state index contributed by atoms with van der Waals surface area (Å²) < 4.78 is 0. The smallest absolute Gasteiger partial charge is 0.0764 e. The van der Waals surface area contributed by atoms with E-state index in [1.807, 2.05) is 24.3 Å². The summed E-state index contributed by atoms with van der Waals surface area (Å²) in [7, 11) is 0. The SMILES string of the molecule is N#CCc1ccc(Nc2c(Cl)cc(N)cc2Cl)cc1. The molecular formula is C14H11Cl2N3. The van der Waals surface area contributed by atoms with Crippen molar-refractivity contribution in [3.05, 3.63) is 52.0 Å². The predicted octanol–water partition coefficient (Wildman–Crippen LogP) is 4.39. The Labute approximate surface area is 121 Å². The molecule has 0 heterocycles. The molecule has 2 aromatic rings. The van der Waals surface area contributed by atoms with Crippen molar-refractivity contribution >= 4 is 40.3 Å². The molecule has 0 spiro atoms. The van der Waals surface area contributed by atoms with Gasteiger partial charge in [0.2, 0.25) is 0 Å². The summed E-state index contributed by atoms with van der Waals surface area (Å²) in [6.45, 7) is 0. The van der Waals surface area contributed by atoms with Crippen molar-refractivity contribution in [2.75, 3.05) is 11.1 Å². The van der Waals surface area contributed by atoms with Crippen LogP contribution in [0.25, 0.3) is 0 Å². The average molecular weight is 292 g/mol. The number of anilines is 3. The molecule has 5 heteroatoms. The summed E-state index contributed by atoms with van der Waals surface area (Å²) >= 11 is 12.2. The Morgan fingerprint density at radius 2 is 1.68 bits per heavy atom. The van der Waals surface area contributed by atoms with Crippen LogP contribution in [0.1, 0.15) is 5.56 Å². The number of halogens is 2. The van der Waals surface area contributed by atoms with Crippen molar-refractivity contribution in [2.45, 2.75) is 6.42 Å². The Bertz CT molecular complexity index is 607. The Morgan fingerprint density at radius 1 is 1.11 bits per heavy atom. The molecule has 0 bridgehead atoms. The fourth-order valence-corrected chi connectivity index (χ4v) is 2.25. The van der Waals surface area contributed by atoms with Gasteiger partial charge in [-0.25, -0.2) is 0 Å². The number of hydrogen-bond donors (Lipinski definition) is 2. The molecule has 0 radical (unpaired) electrons. The monoisotopic (exact) mass is 291 g/mol. The van der Waals surface area contributed by atoms with Crippen molar-refractivity contribution in [1.29, 1.82) is 5.26 Å². The van der Waals surface area contributed by atoms with Crippen LogP contribution in [0.15, 0.2) is 36.4 Å². The van der Waals surface area contributed by atoms with E-state index in [9.17, 15) is 0 Å². The van der Waals surface area contributed by atoms with Crippen LogP contribution in [0.5, 0.6) is 0 Å². The van der Waals surface area contributed by atoms with E-state index in [0.717, 1.165) is 11.3 Å². The summed E-state index contributed by atoms with van der Waals surface area (Å²) in [4.78, 5) is 0. The number of nitrogens with one attached hydrogen (secondary N) is 1. The summed E-state index contributed by atoms with van der Waals surface area (Å²) in [6.07, 6.45) is 0.393. The van der Waals surface area contributed by atoms with Crippen molar-refractivity contribution in [2.24, 2.45) is 0 Å². The summed E-state index contributed by atoms with van der Waals surface area (Å²) in [6, 6.07) is 12.9. The third-order valence-corrected chi connectivity index (χ3v) is 3.17. The third-order valence-electron chi connectivity index (χ3n) is 2.57. The first-order valence-corrected chi connectivity index (χ1v) is 6.33. The van der Waals surface area contributed by atoms with Gasteiger partial charge in [-0.1, -0.05) is 35.3 Å². The summed E-state index contributed by atoms with van der Waals surface area (Å²) in [5.74, 6) is 0. The van der Waals surface area contributed by atoms with Crippen LogP contribution in [0.4, 0.5) is 17.1 Å². The lowest BCUT2D eigenvalue weighted by Crippen LogP contribution is -1.95. The van der Waals surface area contributed by atoms with E-state index in [1.54, 1.807) is 12.1 Å². The van der Waals surface area contributed by atoms with Gasteiger partial charge in [0.05, 0.1) is 28.2 Å². The number of nitrogens with two attached hydrogens (primary N) is 1. The van der Waals surface area contributed by atoms with Gasteiger partial charge in [0.25, 0.3) is 0 Å². The molecule has 2 aromatic carbocycles. The van der Waals surface area contributed by atoms with E-state index in [0.29, 0.717) is 27.8 Å². The van der Waals surface area contributed by atoms with Crippen LogP contribution in [-0.4, -0.2) is 0 Å². The van der Waals surface area contributed by atoms with E-state index in [1.165, 1.54) is 0 Å². The number of nitriles is 1. The highest BCUT2D eigenvalue weighted by Gasteiger charge is 2.07. The van der Waals surface area contributed by atoms with Crippen molar-refractivity contribution in [3.63, 3.8) is 0 Å². The number of hydrogen-bond acceptors (Lipinski definition) is 3. The lowest BCUT2D eigenvalue weighted by molar-refractivity contribution is 1.26. The van der Waals surface area contributed by atoms with E-state index < -0.39 is 0 Å². The maximum atomic E-state index is 8.61. The molecule has 0 atom stereocenters. The average Bonchev–Trinajstić information content (AvgIpc) is 2.36. The predicted molar refractivity (Wildman–Crippen MR) is 79.9 cm³/mol. The fourth-order valence-electron chi connectivity index (χ4n) is 1.65. The van der Waals surface area contributed by atoms with Gasteiger partial charge in [-0.15, -0.1) is 0 Å². The van der Waals surface area contributed by atoms with Crippen LogP contribution in [-0.2, 0) is 6.42 Å². The minimum absolute atomic E-state index is 0.393. The second-order valence-corrected chi connectivity index (χ2v) is 4.83. The van der Waals surface area contributed by atoms with Gasteiger partial charge in [-0.3, -0.25) is 0 Å². The van der Waals surface area contributed by atoms with Gasteiger partial charge in [-0.2, -0.15) is 5.26 Å². The zero-order valence-corrected chi connectivity index (χ0v) is 11.5. The number of nitrogens with zero attached hydrogens (tertiary/aromatic N) is 1. The van der Waals surface area contributed by atoms with E-state index in [4.69, 9.17) is 34.2 Å². The molecule has 0 unspecified atom stereocenters. The second kappa shape index (κ2) is 5.83. The van der Waals surface area contributed by atoms with Gasteiger partial charge in [0.15, 0.2) is 0 Å². The maximum Gasteiger partial charge on any atom is 0.0764 e.